The van der Waals surface area contributed by atoms with E-state index in [1.54, 1.807) is 0 Å². The minimum absolute atomic E-state index is 0.0307. The number of anilines is 1. The van der Waals surface area contributed by atoms with Crippen LogP contribution in [0.1, 0.15) is 28.0 Å². The Morgan fingerprint density at radius 3 is 2.69 bits per heavy atom. The van der Waals surface area contributed by atoms with Crippen molar-refractivity contribution in [2.45, 2.75) is 25.6 Å². The predicted octanol–water partition coefficient (Wildman–Crippen LogP) is 3.73. The van der Waals surface area contributed by atoms with Crippen LogP contribution in [0.3, 0.4) is 0 Å². The molecular weight excluding hydrogens is 373 g/mol. The molecule has 2 heterocycles. The molecule has 1 aromatic heterocycles. The second kappa shape index (κ2) is 6.68. The fraction of sp³-hybridized carbons (Fsp3) is 0.294. The van der Waals surface area contributed by atoms with Crippen LogP contribution >= 0.6 is 11.6 Å². The number of pyridine rings is 1. The van der Waals surface area contributed by atoms with Gasteiger partial charge in [-0.05, 0) is 31.0 Å². The SMILES string of the molecule is COc1cc(=O)n2c(c1C(=O)Nc1ccc(Cl)cc1C(F)(F)F)CCC2. The van der Waals surface area contributed by atoms with Gasteiger partial charge in [-0.3, -0.25) is 9.59 Å². The molecule has 0 spiro atoms. The van der Waals surface area contributed by atoms with Gasteiger partial charge in [-0.1, -0.05) is 11.6 Å². The summed E-state index contributed by atoms with van der Waals surface area (Å²) >= 11 is 5.65. The van der Waals surface area contributed by atoms with Gasteiger partial charge >= 0.3 is 6.18 Å². The quantitative estimate of drug-likeness (QED) is 0.874. The highest BCUT2D eigenvalue weighted by atomic mass is 35.5. The number of nitrogens with zero attached hydrogens (tertiary/aromatic N) is 1. The van der Waals surface area contributed by atoms with Gasteiger partial charge in [0.2, 0.25) is 0 Å². The molecule has 0 saturated heterocycles. The van der Waals surface area contributed by atoms with E-state index in [2.05, 4.69) is 5.32 Å². The molecule has 9 heteroatoms. The maximum atomic E-state index is 13.2. The van der Waals surface area contributed by atoms with Crippen molar-refractivity contribution in [3.63, 3.8) is 0 Å². The minimum Gasteiger partial charge on any atom is -0.496 e. The fourth-order valence-corrected chi connectivity index (χ4v) is 3.20. The van der Waals surface area contributed by atoms with Gasteiger partial charge in [0.05, 0.1) is 18.4 Å². The number of halogens is 4. The van der Waals surface area contributed by atoms with Crippen LogP contribution in [0.4, 0.5) is 18.9 Å². The van der Waals surface area contributed by atoms with Gasteiger partial charge in [0, 0.05) is 23.3 Å². The highest BCUT2D eigenvalue weighted by Crippen LogP contribution is 2.37. The zero-order valence-corrected chi connectivity index (χ0v) is 14.4. The van der Waals surface area contributed by atoms with Crippen molar-refractivity contribution in [1.29, 1.82) is 0 Å². The Labute approximate surface area is 151 Å². The monoisotopic (exact) mass is 386 g/mol. The second-order valence-corrected chi connectivity index (χ2v) is 6.21. The number of fused-ring (bicyclic) bond motifs is 1. The number of amides is 1. The zero-order chi connectivity index (χ0) is 19.1. The first-order valence-electron chi connectivity index (χ1n) is 7.71. The van der Waals surface area contributed by atoms with E-state index in [0.717, 1.165) is 18.2 Å². The number of ether oxygens (including phenoxy) is 1. The third-order valence-electron chi connectivity index (χ3n) is 4.16. The molecule has 1 aromatic carbocycles. The third-order valence-corrected chi connectivity index (χ3v) is 4.39. The van der Waals surface area contributed by atoms with E-state index in [1.165, 1.54) is 17.7 Å². The minimum atomic E-state index is -4.69. The molecule has 0 bridgehead atoms. The number of methoxy groups -OCH3 is 1. The lowest BCUT2D eigenvalue weighted by Gasteiger charge is -2.17. The van der Waals surface area contributed by atoms with Crippen LogP contribution < -0.4 is 15.6 Å². The second-order valence-electron chi connectivity index (χ2n) is 5.77. The van der Waals surface area contributed by atoms with Gasteiger partial charge in [-0.25, -0.2) is 0 Å². The predicted molar refractivity (Wildman–Crippen MR) is 90.0 cm³/mol. The Morgan fingerprint density at radius 1 is 1.31 bits per heavy atom. The Morgan fingerprint density at radius 2 is 2.04 bits per heavy atom. The number of hydrogen-bond acceptors (Lipinski definition) is 3. The van der Waals surface area contributed by atoms with E-state index < -0.39 is 23.3 Å². The molecule has 0 unspecified atom stereocenters. The molecule has 1 aliphatic rings. The van der Waals surface area contributed by atoms with Crippen molar-refractivity contribution >= 4 is 23.2 Å². The number of carbonyl (C=O) groups is 1. The van der Waals surface area contributed by atoms with Crippen LogP contribution in [0.2, 0.25) is 5.02 Å². The van der Waals surface area contributed by atoms with Crippen molar-refractivity contribution in [3.8, 4) is 5.75 Å². The van der Waals surface area contributed by atoms with Crippen LogP contribution in [0, 0.1) is 0 Å². The van der Waals surface area contributed by atoms with Crippen molar-refractivity contribution in [1.82, 2.24) is 4.57 Å². The van der Waals surface area contributed by atoms with Crippen molar-refractivity contribution < 1.29 is 22.7 Å². The number of rotatable bonds is 3. The molecule has 0 saturated carbocycles. The summed E-state index contributed by atoms with van der Waals surface area (Å²) in [7, 11) is 1.29. The summed E-state index contributed by atoms with van der Waals surface area (Å²) in [6, 6.07) is 4.25. The van der Waals surface area contributed by atoms with E-state index in [-0.39, 0.29) is 21.9 Å². The summed E-state index contributed by atoms with van der Waals surface area (Å²) < 4.78 is 46.2. The number of benzene rings is 1. The Hall–Kier alpha value is -2.48. The molecular formula is C17H14ClF3N2O3. The number of nitrogens with one attached hydrogen (secondary N) is 1. The smallest absolute Gasteiger partial charge is 0.418 e. The Kier molecular flexibility index (Phi) is 4.70. The molecule has 1 amide bonds. The molecule has 5 nitrogen and oxygen atoms in total. The van der Waals surface area contributed by atoms with Gasteiger partial charge in [0.1, 0.15) is 11.3 Å². The van der Waals surface area contributed by atoms with Gasteiger partial charge in [-0.15, -0.1) is 0 Å². The molecule has 0 atom stereocenters. The summed E-state index contributed by atoms with van der Waals surface area (Å²) in [5.41, 5.74) is -1.27. The first-order valence-corrected chi connectivity index (χ1v) is 8.09. The standard InChI is InChI=1S/C17H14ClF3N2O3/c1-26-13-8-14(24)23-6-2-3-12(23)15(13)16(25)22-11-5-4-9(18)7-10(11)17(19,20)21/h4-5,7-8H,2-3,6H2,1H3,(H,22,25). The lowest BCUT2D eigenvalue weighted by Crippen LogP contribution is -2.25. The van der Waals surface area contributed by atoms with Crippen LogP contribution in [0.15, 0.2) is 29.1 Å². The van der Waals surface area contributed by atoms with Crippen LogP contribution in [-0.2, 0) is 19.1 Å². The van der Waals surface area contributed by atoms with Crippen molar-refractivity contribution in [3.05, 3.63) is 56.5 Å². The van der Waals surface area contributed by atoms with E-state index in [1.807, 2.05) is 0 Å². The summed E-state index contributed by atoms with van der Waals surface area (Å²) in [5, 5.41) is 2.17. The Bertz CT molecular complexity index is 938. The molecule has 2 aromatic rings. The average molecular weight is 387 g/mol. The maximum absolute atomic E-state index is 13.2. The van der Waals surface area contributed by atoms with Crippen molar-refractivity contribution in [2.24, 2.45) is 0 Å². The number of alkyl halides is 3. The molecule has 0 aliphatic carbocycles. The lowest BCUT2D eigenvalue weighted by atomic mass is 10.1. The largest absolute Gasteiger partial charge is 0.496 e. The summed E-state index contributed by atoms with van der Waals surface area (Å²) in [6.45, 7) is 0.452. The molecule has 0 fully saturated rings. The maximum Gasteiger partial charge on any atom is 0.418 e. The zero-order valence-electron chi connectivity index (χ0n) is 13.6. The fourth-order valence-electron chi connectivity index (χ4n) is 3.03. The molecule has 0 radical (unpaired) electrons. The molecule has 1 aliphatic heterocycles. The van der Waals surface area contributed by atoms with Gasteiger partial charge in [0.15, 0.2) is 0 Å². The van der Waals surface area contributed by atoms with Gasteiger partial charge < -0.3 is 14.6 Å². The molecule has 1 N–H and O–H groups in total. The molecule has 138 valence electrons. The number of carbonyl (C=O) groups excluding carboxylic acids is 1. The van der Waals surface area contributed by atoms with Crippen LogP contribution in [-0.4, -0.2) is 17.6 Å². The third kappa shape index (κ3) is 3.29. The van der Waals surface area contributed by atoms with E-state index >= 15 is 0 Å². The Balaban J connectivity index is 2.06. The van der Waals surface area contributed by atoms with Crippen molar-refractivity contribution in [2.75, 3.05) is 12.4 Å². The van der Waals surface area contributed by atoms with E-state index in [0.29, 0.717) is 25.1 Å². The molecule has 3 rings (SSSR count). The van der Waals surface area contributed by atoms with Crippen LogP contribution in [0.25, 0.3) is 0 Å². The first kappa shape index (κ1) is 18.3. The van der Waals surface area contributed by atoms with E-state index in [9.17, 15) is 22.8 Å². The highest BCUT2D eigenvalue weighted by molar-refractivity contribution is 6.30. The summed E-state index contributed by atoms with van der Waals surface area (Å²) in [6.07, 6.45) is -3.56. The normalized spacial score (nSPS) is 13.4. The van der Waals surface area contributed by atoms with Gasteiger partial charge in [0.25, 0.3) is 11.5 Å². The summed E-state index contributed by atoms with van der Waals surface area (Å²) in [4.78, 5) is 24.8. The molecule has 26 heavy (non-hydrogen) atoms. The van der Waals surface area contributed by atoms with E-state index in [4.69, 9.17) is 16.3 Å². The number of hydrogen-bond donors (Lipinski definition) is 1. The highest BCUT2D eigenvalue weighted by Gasteiger charge is 2.35. The lowest BCUT2D eigenvalue weighted by molar-refractivity contribution is -0.136. The van der Waals surface area contributed by atoms with Gasteiger partial charge in [-0.2, -0.15) is 13.2 Å². The summed E-state index contributed by atoms with van der Waals surface area (Å²) in [5.74, 6) is -0.747. The number of aromatic nitrogens is 1. The first-order chi connectivity index (χ1) is 12.2. The topological polar surface area (TPSA) is 60.3 Å². The average Bonchev–Trinajstić information content (AvgIpc) is 3.05. The van der Waals surface area contributed by atoms with Crippen LogP contribution in [0.5, 0.6) is 5.75 Å².